The Morgan fingerprint density at radius 1 is 0.784 bits per heavy atom. The Morgan fingerprint density at radius 2 is 1.35 bits per heavy atom. The Kier molecular flexibility index (Phi) is 8.91. The molecule has 2 aliphatic carbocycles. The van der Waals surface area contributed by atoms with Gasteiger partial charge in [0.15, 0.2) is 17.5 Å². The van der Waals surface area contributed by atoms with Crippen molar-refractivity contribution in [2.24, 2.45) is 17.8 Å². The third-order valence-corrected chi connectivity index (χ3v) is 7.93. The lowest BCUT2D eigenvalue weighted by Gasteiger charge is -2.32. The van der Waals surface area contributed by atoms with Gasteiger partial charge in [0, 0.05) is 12.1 Å². The van der Waals surface area contributed by atoms with E-state index in [0.717, 1.165) is 49.7 Å². The number of halogens is 6. The number of rotatable bonds is 8. The number of hydrogen-bond acceptors (Lipinski definition) is 1. The number of hydrogen-bond donors (Lipinski definition) is 0. The van der Waals surface area contributed by atoms with Crippen LogP contribution in [0.15, 0.2) is 42.5 Å². The summed E-state index contributed by atoms with van der Waals surface area (Å²) >= 11 is 0. The van der Waals surface area contributed by atoms with Crippen LogP contribution in [-0.2, 0) is 6.42 Å². The van der Waals surface area contributed by atoms with Crippen LogP contribution in [-0.4, -0.2) is 6.11 Å². The van der Waals surface area contributed by atoms with Gasteiger partial charge in [-0.2, -0.15) is 8.78 Å². The topological polar surface area (TPSA) is 9.23 Å². The van der Waals surface area contributed by atoms with Gasteiger partial charge in [0.1, 0.15) is 11.6 Å². The number of allylic oxidation sites excluding steroid dienone is 2. The zero-order valence-corrected chi connectivity index (χ0v) is 21.1. The Hall–Kier alpha value is -2.44. The molecule has 7 heteroatoms. The van der Waals surface area contributed by atoms with Crippen molar-refractivity contribution in [3.05, 3.63) is 76.9 Å². The molecule has 2 fully saturated rings. The summed E-state index contributed by atoms with van der Waals surface area (Å²) in [5.41, 5.74) is 1.85. The highest BCUT2D eigenvalue weighted by Gasteiger charge is 2.44. The lowest BCUT2D eigenvalue weighted by molar-refractivity contribution is -0.223. The first-order valence-corrected chi connectivity index (χ1v) is 13.3. The average molecular weight is 525 g/mol. The monoisotopic (exact) mass is 524 g/mol. The molecule has 0 bridgehead atoms. The van der Waals surface area contributed by atoms with Gasteiger partial charge < -0.3 is 4.74 Å². The average Bonchev–Trinajstić information content (AvgIpc) is 2.87. The maximum Gasteiger partial charge on any atom is 0.400 e. The maximum atomic E-state index is 14.6. The SMILES string of the molecule is CCCc1ccc(C2CCC(/C=C/C3CCC(C(F)(F)Oc4cc(F)c(F)c(F)c4)CC3)CC2)c(F)c1. The Labute approximate surface area is 214 Å². The first kappa shape index (κ1) is 27.6. The molecule has 0 amide bonds. The fourth-order valence-electron chi connectivity index (χ4n) is 5.76. The normalized spacial score (nSPS) is 24.9. The van der Waals surface area contributed by atoms with E-state index in [4.69, 9.17) is 0 Å². The van der Waals surface area contributed by atoms with E-state index >= 15 is 0 Å². The molecule has 37 heavy (non-hydrogen) atoms. The predicted octanol–water partition coefficient (Wildman–Crippen LogP) is 9.50. The minimum absolute atomic E-state index is 0.0998. The van der Waals surface area contributed by atoms with Crippen LogP contribution in [0.4, 0.5) is 26.3 Å². The molecule has 202 valence electrons. The van der Waals surface area contributed by atoms with Gasteiger partial charge in [-0.1, -0.05) is 37.6 Å². The van der Waals surface area contributed by atoms with Crippen LogP contribution in [0.1, 0.15) is 81.8 Å². The lowest BCUT2D eigenvalue weighted by Crippen LogP contribution is -2.37. The molecule has 0 aromatic heterocycles. The first-order chi connectivity index (χ1) is 17.7. The van der Waals surface area contributed by atoms with Crippen molar-refractivity contribution < 1.29 is 31.1 Å². The number of aryl methyl sites for hydroxylation is 1. The molecule has 2 aromatic carbocycles. The van der Waals surface area contributed by atoms with Crippen LogP contribution in [0.3, 0.4) is 0 Å². The minimum atomic E-state index is -3.60. The van der Waals surface area contributed by atoms with Gasteiger partial charge in [0.25, 0.3) is 0 Å². The summed E-state index contributed by atoms with van der Waals surface area (Å²) in [6, 6.07) is 6.53. The third kappa shape index (κ3) is 6.91. The van der Waals surface area contributed by atoms with Crippen molar-refractivity contribution in [1.82, 2.24) is 0 Å². The van der Waals surface area contributed by atoms with Gasteiger partial charge in [0.2, 0.25) is 0 Å². The number of benzene rings is 2. The van der Waals surface area contributed by atoms with E-state index in [1.165, 1.54) is 0 Å². The number of alkyl halides is 2. The summed E-state index contributed by atoms with van der Waals surface area (Å²) < 4.78 is 88.2. The van der Waals surface area contributed by atoms with E-state index < -0.39 is 35.2 Å². The zero-order valence-electron chi connectivity index (χ0n) is 21.1. The van der Waals surface area contributed by atoms with Gasteiger partial charge in [-0.3, -0.25) is 0 Å². The van der Waals surface area contributed by atoms with E-state index in [9.17, 15) is 26.3 Å². The summed E-state index contributed by atoms with van der Waals surface area (Å²) in [6.07, 6.45) is 7.98. The van der Waals surface area contributed by atoms with Crippen molar-refractivity contribution in [1.29, 1.82) is 0 Å². The molecule has 0 N–H and O–H groups in total. The fraction of sp³-hybridized carbons (Fsp3) is 0.533. The second-order valence-electron chi connectivity index (χ2n) is 10.6. The molecule has 1 nitrogen and oxygen atoms in total. The molecule has 0 heterocycles. The van der Waals surface area contributed by atoms with Crippen LogP contribution in [0.25, 0.3) is 0 Å². The van der Waals surface area contributed by atoms with Crippen LogP contribution in [0.2, 0.25) is 0 Å². The molecule has 0 radical (unpaired) electrons. The first-order valence-electron chi connectivity index (χ1n) is 13.3. The highest BCUT2D eigenvalue weighted by Crippen LogP contribution is 2.42. The minimum Gasteiger partial charge on any atom is -0.432 e. The quantitative estimate of drug-likeness (QED) is 0.190. The second-order valence-corrected chi connectivity index (χ2v) is 10.6. The Bertz CT molecular complexity index is 1060. The van der Waals surface area contributed by atoms with Gasteiger partial charge >= 0.3 is 6.11 Å². The van der Waals surface area contributed by atoms with Crippen molar-refractivity contribution in [3.63, 3.8) is 0 Å². The zero-order chi connectivity index (χ0) is 26.6. The van der Waals surface area contributed by atoms with Gasteiger partial charge in [-0.15, -0.1) is 0 Å². The van der Waals surface area contributed by atoms with E-state index in [2.05, 4.69) is 23.8 Å². The van der Waals surface area contributed by atoms with Gasteiger partial charge in [0.05, 0.1) is 5.92 Å². The molecule has 4 rings (SSSR count). The summed E-state index contributed by atoms with van der Waals surface area (Å²) in [5.74, 6) is -5.92. The predicted molar refractivity (Wildman–Crippen MR) is 132 cm³/mol. The van der Waals surface area contributed by atoms with Crippen LogP contribution in [0, 0.1) is 41.0 Å². The van der Waals surface area contributed by atoms with E-state index in [1.54, 1.807) is 6.07 Å². The van der Waals surface area contributed by atoms with Gasteiger partial charge in [-0.25, -0.2) is 17.6 Å². The highest BCUT2D eigenvalue weighted by atomic mass is 19.3. The van der Waals surface area contributed by atoms with Gasteiger partial charge in [-0.05, 0) is 92.7 Å². The molecule has 0 unspecified atom stereocenters. The van der Waals surface area contributed by atoms with Crippen LogP contribution in [0.5, 0.6) is 5.75 Å². The maximum absolute atomic E-state index is 14.6. The Morgan fingerprint density at radius 3 is 1.89 bits per heavy atom. The van der Waals surface area contributed by atoms with Crippen molar-refractivity contribution >= 4 is 0 Å². The molecule has 0 aliphatic heterocycles. The van der Waals surface area contributed by atoms with Crippen LogP contribution < -0.4 is 4.74 Å². The molecular formula is C30H34F6O. The molecule has 0 spiro atoms. The largest absolute Gasteiger partial charge is 0.432 e. The van der Waals surface area contributed by atoms with E-state index in [1.807, 2.05) is 12.1 Å². The molecule has 2 aromatic rings. The summed E-state index contributed by atoms with van der Waals surface area (Å²) in [4.78, 5) is 0. The molecule has 0 atom stereocenters. The second kappa shape index (κ2) is 12.0. The van der Waals surface area contributed by atoms with Crippen molar-refractivity contribution in [2.75, 3.05) is 0 Å². The summed E-state index contributed by atoms with van der Waals surface area (Å²) in [6.45, 7) is 2.08. The van der Waals surface area contributed by atoms with E-state index in [-0.39, 0.29) is 30.5 Å². The molecule has 2 aliphatic rings. The lowest BCUT2D eigenvalue weighted by atomic mass is 9.77. The number of ether oxygens (including phenoxy) is 1. The highest BCUT2D eigenvalue weighted by molar-refractivity contribution is 5.28. The van der Waals surface area contributed by atoms with Crippen LogP contribution >= 0.6 is 0 Å². The Balaban J connectivity index is 1.24. The third-order valence-electron chi connectivity index (χ3n) is 7.93. The standard InChI is InChI=1S/C30H34F6O/c1-2-3-21-10-15-25(26(31)16-21)22-11-6-19(7-12-22)4-5-20-8-13-23(14-9-20)30(35,36)37-24-17-27(32)29(34)28(33)18-24/h4-5,10,15-20,22-23H,2-3,6-9,11-14H2,1H3/b5-4+. The molecule has 0 saturated heterocycles. The van der Waals surface area contributed by atoms with Crippen molar-refractivity contribution in [3.8, 4) is 5.75 Å². The summed E-state index contributed by atoms with van der Waals surface area (Å²) in [5, 5.41) is 0. The smallest absolute Gasteiger partial charge is 0.400 e. The molecular weight excluding hydrogens is 490 g/mol. The van der Waals surface area contributed by atoms with E-state index in [0.29, 0.717) is 30.9 Å². The molecule has 2 saturated carbocycles. The van der Waals surface area contributed by atoms with Crippen molar-refractivity contribution in [2.45, 2.75) is 83.2 Å². The summed E-state index contributed by atoms with van der Waals surface area (Å²) in [7, 11) is 0. The fourth-order valence-corrected chi connectivity index (χ4v) is 5.76.